The zero-order valence-corrected chi connectivity index (χ0v) is 20.2. The summed E-state index contributed by atoms with van der Waals surface area (Å²) in [5, 5.41) is 3.08. The van der Waals surface area contributed by atoms with Gasteiger partial charge in [0.25, 0.3) is 5.56 Å². The standard InChI is InChI=1S/C26H30FN3O5/c1-4-6-11-34-24-20(26(32)33-5-2)25(31)30-15-19(14-28-3)35-23-17(13-29-21(24)22(23)30)12-16-7-9-18(27)10-8-16/h7-10,13,19,28H,4-6,11-12,14-15H2,1-3H3. The van der Waals surface area contributed by atoms with Crippen molar-refractivity contribution in [3.63, 3.8) is 0 Å². The lowest BCUT2D eigenvalue weighted by Crippen LogP contribution is -2.41. The van der Waals surface area contributed by atoms with E-state index in [1.165, 1.54) is 16.7 Å². The van der Waals surface area contributed by atoms with E-state index in [4.69, 9.17) is 14.2 Å². The molecule has 35 heavy (non-hydrogen) atoms. The van der Waals surface area contributed by atoms with E-state index in [-0.39, 0.29) is 36.4 Å². The summed E-state index contributed by atoms with van der Waals surface area (Å²) in [6, 6.07) is 6.22. The molecule has 0 spiro atoms. The smallest absolute Gasteiger partial charge is 0.347 e. The van der Waals surface area contributed by atoms with Gasteiger partial charge in [-0.2, -0.15) is 0 Å². The van der Waals surface area contributed by atoms with E-state index in [0.29, 0.717) is 36.4 Å². The Balaban J connectivity index is 1.94. The predicted octanol–water partition coefficient (Wildman–Crippen LogP) is 3.46. The fourth-order valence-corrected chi connectivity index (χ4v) is 4.23. The van der Waals surface area contributed by atoms with E-state index in [9.17, 15) is 14.0 Å². The van der Waals surface area contributed by atoms with Gasteiger partial charge in [-0.3, -0.25) is 14.3 Å². The van der Waals surface area contributed by atoms with Crippen molar-refractivity contribution in [1.29, 1.82) is 0 Å². The maximum absolute atomic E-state index is 13.7. The number of pyridine rings is 2. The first-order valence-electron chi connectivity index (χ1n) is 11.9. The molecule has 8 nitrogen and oxygen atoms in total. The Bertz CT molecular complexity index is 1270. The van der Waals surface area contributed by atoms with Crippen LogP contribution < -0.4 is 20.3 Å². The van der Waals surface area contributed by atoms with Gasteiger partial charge in [0.05, 0.1) is 19.8 Å². The number of hydrogen-bond donors (Lipinski definition) is 1. The van der Waals surface area contributed by atoms with Crippen molar-refractivity contribution in [2.75, 3.05) is 26.8 Å². The molecule has 0 radical (unpaired) electrons. The number of unbranched alkanes of at least 4 members (excludes halogenated alkanes) is 1. The van der Waals surface area contributed by atoms with Crippen LogP contribution in [0.4, 0.5) is 4.39 Å². The molecule has 0 saturated carbocycles. The monoisotopic (exact) mass is 483 g/mol. The molecular weight excluding hydrogens is 453 g/mol. The minimum absolute atomic E-state index is 0.124. The molecule has 1 aliphatic heterocycles. The van der Waals surface area contributed by atoms with Crippen molar-refractivity contribution in [1.82, 2.24) is 14.9 Å². The lowest BCUT2D eigenvalue weighted by molar-refractivity contribution is 0.0518. The SMILES string of the molecule is CCCCOc1c(C(=O)OCC)c(=O)n2c3c(c(Cc4ccc(F)cc4)cnc13)OC(CNC)C2. The molecule has 0 saturated heterocycles. The van der Waals surface area contributed by atoms with Gasteiger partial charge in [-0.15, -0.1) is 0 Å². The summed E-state index contributed by atoms with van der Waals surface area (Å²) in [6.45, 7) is 4.91. The number of hydrogen-bond acceptors (Lipinski definition) is 7. The third-order valence-corrected chi connectivity index (χ3v) is 5.89. The lowest BCUT2D eigenvalue weighted by Gasteiger charge is -2.30. The molecule has 0 aliphatic carbocycles. The second-order valence-corrected chi connectivity index (χ2v) is 8.45. The van der Waals surface area contributed by atoms with Crippen molar-refractivity contribution in [2.24, 2.45) is 0 Å². The highest BCUT2D eigenvalue weighted by atomic mass is 19.1. The quantitative estimate of drug-likeness (QED) is 0.349. The van der Waals surface area contributed by atoms with E-state index in [0.717, 1.165) is 24.0 Å². The van der Waals surface area contributed by atoms with Crippen LogP contribution in [0.5, 0.6) is 11.5 Å². The Kier molecular flexibility index (Phi) is 7.65. The summed E-state index contributed by atoms with van der Waals surface area (Å²) in [5.74, 6) is -0.409. The van der Waals surface area contributed by atoms with E-state index in [2.05, 4.69) is 10.3 Å². The van der Waals surface area contributed by atoms with Crippen molar-refractivity contribution in [3.05, 3.63) is 63.3 Å². The van der Waals surface area contributed by atoms with Crippen LogP contribution in [0, 0.1) is 5.82 Å². The number of esters is 1. The molecule has 3 aromatic rings. The molecule has 9 heteroatoms. The first-order valence-corrected chi connectivity index (χ1v) is 11.9. The van der Waals surface area contributed by atoms with Crippen LogP contribution in [-0.4, -0.2) is 48.4 Å². The van der Waals surface area contributed by atoms with Crippen LogP contribution >= 0.6 is 0 Å². The number of benzene rings is 1. The molecule has 4 rings (SSSR count). The van der Waals surface area contributed by atoms with Gasteiger partial charge in [-0.1, -0.05) is 25.5 Å². The molecule has 1 aliphatic rings. The maximum atomic E-state index is 13.7. The number of rotatable bonds is 10. The lowest BCUT2D eigenvalue weighted by atomic mass is 10.0. The van der Waals surface area contributed by atoms with Crippen LogP contribution in [0.3, 0.4) is 0 Å². The zero-order chi connectivity index (χ0) is 24.9. The molecule has 1 unspecified atom stereocenters. The van der Waals surface area contributed by atoms with Gasteiger partial charge < -0.3 is 19.5 Å². The average molecular weight is 484 g/mol. The number of likely N-dealkylation sites (N-methyl/N-ethyl adjacent to an activating group) is 1. The number of aromatic nitrogens is 2. The minimum Gasteiger partial charge on any atom is -0.490 e. The zero-order valence-electron chi connectivity index (χ0n) is 20.2. The van der Waals surface area contributed by atoms with Gasteiger partial charge in [-0.25, -0.2) is 9.18 Å². The topological polar surface area (TPSA) is 91.7 Å². The van der Waals surface area contributed by atoms with Gasteiger partial charge >= 0.3 is 5.97 Å². The molecule has 0 bridgehead atoms. The van der Waals surface area contributed by atoms with Crippen LogP contribution in [0.1, 0.15) is 48.2 Å². The summed E-state index contributed by atoms with van der Waals surface area (Å²) >= 11 is 0. The second kappa shape index (κ2) is 10.9. The van der Waals surface area contributed by atoms with Crippen molar-refractivity contribution in [2.45, 2.75) is 45.8 Å². The maximum Gasteiger partial charge on any atom is 0.347 e. The number of carbonyl (C=O) groups is 1. The Morgan fingerprint density at radius 1 is 1.29 bits per heavy atom. The molecule has 1 atom stereocenters. The van der Waals surface area contributed by atoms with E-state index >= 15 is 0 Å². The normalized spacial score (nSPS) is 14.6. The van der Waals surface area contributed by atoms with Crippen molar-refractivity contribution in [3.8, 4) is 11.5 Å². The highest BCUT2D eigenvalue weighted by Gasteiger charge is 2.32. The van der Waals surface area contributed by atoms with Crippen LogP contribution in [-0.2, 0) is 17.7 Å². The number of nitrogens with zero attached hydrogens (tertiary/aromatic N) is 2. The van der Waals surface area contributed by atoms with Crippen molar-refractivity contribution >= 4 is 17.0 Å². The molecule has 0 amide bonds. The van der Waals surface area contributed by atoms with Gasteiger partial charge in [0.15, 0.2) is 17.1 Å². The number of ether oxygens (including phenoxy) is 3. The Labute approximate surface area is 203 Å². The molecule has 1 aromatic carbocycles. The van der Waals surface area contributed by atoms with Gasteiger partial charge in [-0.05, 0) is 38.1 Å². The molecule has 2 aromatic heterocycles. The summed E-state index contributed by atoms with van der Waals surface area (Å²) in [5.41, 5.74) is 1.85. The first-order chi connectivity index (χ1) is 17.0. The van der Waals surface area contributed by atoms with E-state index in [1.54, 1.807) is 32.3 Å². The molecular formula is C26H30FN3O5. The molecule has 0 fully saturated rings. The highest BCUT2D eigenvalue weighted by molar-refractivity contribution is 6.00. The number of halogens is 1. The van der Waals surface area contributed by atoms with Gasteiger partial charge in [0, 0.05) is 24.7 Å². The van der Waals surface area contributed by atoms with Crippen molar-refractivity contribution < 1.29 is 23.4 Å². The summed E-state index contributed by atoms with van der Waals surface area (Å²) in [6.07, 6.45) is 3.40. The second-order valence-electron chi connectivity index (χ2n) is 8.45. The largest absolute Gasteiger partial charge is 0.490 e. The Morgan fingerprint density at radius 3 is 2.74 bits per heavy atom. The fraction of sp³-hybridized carbons (Fsp3) is 0.423. The molecule has 3 heterocycles. The Morgan fingerprint density at radius 2 is 2.06 bits per heavy atom. The summed E-state index contributed by atoms with van der Waals surface area (Å²) in [7, 11) is 1.80. The van der Waals surface area contributed by atoms with Gasteiger partial charge in [0.1, 0.15) is 23.0 Å². The fourth-order valence-electron chi connectivity index (χ4n) is 4.23. The highest BCUT2D eigenvalue weighted by Crippen LogP contribution is 2.38. The number of nitrogens with one attached hydrogen (secondary N) is 1. The van der Waals surface area contributed by atoms with Crippen LogP contribution in [0.25, 0.3) is 11.0 Å². The predicted molar refractivity (Wildman–Crippen MR) is 130 cm³/mol. The average Bonchev–Trinajstić information content (AvgIpc) is 2.84. The molecule has 1 N–H and O–H groups in total. The van der Waals surface area contributed by atoms with Crippen LogP contribution in [0.2, 0.25) is 0 Å². The van der Waals surface area contributed by atoms with Gasteiger partial charge in [0.2, 0.25) is 0 Å². The first kappa shape index (κ1) is 24.7. The molecule has 186 valence electrons. The Hall–Kier alpha value is -3.46. The third-order valence-electron chi connectivity index (χ3n) is 5.89. The summed E-state index contributed by atoms with van der Waals surface area (Å²) in [4.78, 5) is 31.2. The third kappa shape index (κ3) is 5.00. The number of carbonyl (C=O) groups excluding carboxylic acids is 1. The van der Waals surface area contributed by atoms with E-state index in [1.807, 2.05) is 6.92 Å². The van der Waals surface area contributed by atoms with Crippen LogP contribution in [0.15, 0.2) is 35.3 Å². The van der Waals surface area contributed by atoms with E-state index < -0.39 is 11.5 Å². The minimum atomic E-state index is -0.731. The summed E-state index contributed by atoms with van der Waals surface area (Å²) < 4.78 is 32.5.